The standard InChI is InChI=1S/C11H13BrCl3NO2S/c1-11(2,6-13)16(3)19(17,18)10-8(14)4-7(12)5-9(10)15/h4-5H,6H2,1-3H3. The second kappa shape index (κ2) is 6.08. The molecule has 0 spiro atoms. The zero-order valence-electron chi connectivity index (χ0n) is 10.5. The molecule has 3 nitrogen and oxygen atoms in total. The van der Waals surface area contributed by atoms with Crippen LogP contribution in [0.5, 0.6) is 0 Å². The van der Waals surface area contributed by atoms with E-state index in [-0.39, 0.29) is 20.8 Å². The minimum Gasteiger partial charge on any atom is -0.207 e. The minimum atomic E-state index is -3.82. The van der Waals surface area contributed by atoms with E-state index >= 15 is 0 Å². The first kappa shape index (κ1) is 17.5. The van der Waals surface area contributed by atoms with Gasteiger partial charge in [-0.25, -0.2) is 8.42 Å². The van der Waals surface area contributed by atoms with Crippen LogP contribution in [0, 0.1) is 0 Å². The highest BCUT2D eigenvalue weighted by atomic mass is 79.9. The fourth-order valence-electron chi connectivity index (χ4n) is 1.32. The normalized spacial score (nSPS) is 13.1. The molecule has 8 heteroatoms. The largest absolute Gasteiger partial charge is 0.246 e. The minimum absolute atomic E-state index is 0.0663. The Bertz CT molecular complexity index is 567. The van der Waals surface area contributed by atoms with Crippen LogP contribution in [0.1, 0.15) is 13.8 Å². The molecule has 19 heavy (non-hydrogen) atoms. The predicted molar refractivity (Wildman–Crippen MR) is 83.9 cm³/mol. The lowest BCUT2D eigenvalue weighted by atomic mass is 10.1. The number of benzene rings is 1. The molecule has 0 saturated heterocycles. The fourth-order valence-corrected chi connectivity index (χ4v) is 4.97. The summed E-state index contributed by atoms with van der Waals surface area (Å²) in [6.45, 7) is 3.44. The lowest BCUT2D eigenvalue weighted by Crippen LogP contribution is -2.46. The molecule has 1 rings (SSSR count). The second-order valence-electron chi connectivity index (χ2n) is 4.62. The molecule has 0 aliphatic carbocycles. The maximum atomic E-state index is 12.6. The topological polar surface area (TPSA) is 37.4 Å². The Morgan fingerprint density at radius 1 is 1.26 bits per heavy atom. The Labute approximate surface area is 137 Å². The first-order chi connectivity index (χ1) is 8.54. The maximum absolute atomic E-state index is 12.6. The Morgan fingerprint density at radius 3 is 2.05 bits per heavy atom. The molecule has 0 unspecified atom stereocenters. The highest BCUT2D eigenvalue weighted by molar-refractivity contribution is 9.10. The summed E-state index contributed by atoms with van der Waals surface area (Å²) < 4.78 is 26.9. The first-order valence-electron chi connectivity index (χ1n) is 5.23. The van der Waals surface area contributed by atoms with Crippen LogP contribution in [0.4, 0.5) is 0 Å². The number of alkyl halides is 1. The summed E-state index contributed by atoms with van der Waals surface area (Å²) in [5.74, 6) is 0.147. The average Bonchev–Trinajstić information content (AvgIpc) is 2.26. The highest BCUT2D eigenvalue weighted by Gasteiger charge is 2.36. The van der Waals surface area contributed by atoms with Crippen LogP contribution in [-0.2, 0) is 10.0 Å². The lowest BCUT2D eigenvalue weighted by Gasteiger charge is -2.33. The van der Waals surface area contributed by atoms with Gasteiger partial charge in [0.1, 0.15) is 4.90 Å². The monoisotopic (exact) mass is 407 g/mol. The van der Waals surface area contributed by atoms with Gasteiger partial charge in [-0.05, 0) is 26.0 Å². The molecule has 0 fully saturated rings. The number of hydrogen-bond acceptors (Lipinski definition) is 2. The van der Waals surface area contributed by atoms with Gasteiger partial charge in [-0.15, -0.1) is 11.6 Å². The van der Waals surface area contributed by atoms with E-state index in [2.05, 4.69) is 15.9 Å². The maximum Gasteiger partial charge on any atom is 0.246 e. The molecule has 0 heterocycles. The van der Waals surface area contributed by atoms with Gasteiger partial charge < -0.3 is 0 Å². The third kappa shape index (κ3) is 3.57. The lowest BCUT2D eigenvalue weighted by molar-refractivity contribution is 0.296. The van der Waals surface area contributed by atoms with Crippen molar-refractivity contribution in [3.8, 4) is 0 Å². The van der Waals surface area contributed by atoms with Gasteiger partial charge in [-0.2, -0.15) is 4.31 Å². The van der Waals surface area contributed by atoms with E-state index < -0.39 is 15.6 Å². The van der Waals surface area contributed by atoms with Gasteiger partial charge in [0, 0.05) is 22.9 Å². The smallest absolute Gasteiger partial charge is 0.207 e. The summed E-state index contributed by atoms with van der Waals surface area (Å²) in [6, 6.07) is 2.98. The van der Waals surface area contributed by atoms with Crippen molar-refractivity contribution in [1.29, 1.82) is 0 Å². The zero-order valence-corrected chi connectivity index (χ0v) is 15.2. The molecular weight excluding hydrogens is 396 g/mol. The summed E-state index contributed by atoms with van der Waals surface area (Å²) in [7, 11) is -2.37. The zero-order chi connectivity index (χ0) is 15.0. The molecule has 0 atom stereocenters. The summed E-state index contributed by atoms with van der Waals surface area (Å²) in [6.07, 6.45) is 0. The van der Waals surface area contributed by atoms with E-state index in [4.69, 9.17) is 34.8 Å². The Morgan fingerprint density at radius 2 is 1.68 bits per heavy atom. The molecule has 0 aliphatic heterocycles. The third-order valence-electron chi connectivity index (χ3n) is 2.76. The molecule has 0 bridgehead atoms. The summed E-state index contributed by atoms with van der Waals surface area (Å²) >= 11 is 21.0. The Hall–Kier alpha value is 0.480. The van der Waals surface area contributed by atoms with Crippen LogP contribution >= 0.6 is 50.7 Å². The van der Waals surface area contributed by atoms with Crippen LogP contribution < -0.4 is 0 Å². The molecule has 0 aliphatic rings. The molecule has 0 aromatic heterocycles. The number of nitrogens with zero attached hydrogens (tertiary/aromatic N) is 1. The van der Waals surface area contributed by atoms with Crippen LogP contribution in [0.15, 0.2) is 21.5 Å². The van der Waals surface area contributed by atoms with E-state index in [0.29, 0.717) is 4.47 Å². The van der Waals surface area contributed by atoms with E-state index in [1.54, 1.807) is 13.8 Å². The van der Waals surface area contributed by atoms with Crippen LogP contribution in [0.25, 0.3) is 0 Å². The van der Waals surface area contributed by atoms with Crippen molar-refractivity contribution < 1.29 is 8.42 Å². The van der Waals surface area contributed by atoms with Crippen molar-refractivity contribution in [2.45, 2.75) is 24.3 Å². The van der Waals surface area contributed by atoms with Gasteiger partial charge in [0.2, 0.25) is 10.0 Å². The quantitative estimate of drug-likeness (QED) is 0.692. The van der Waals surface area contributed by atoms with Gasteiger partial charge >= 0.3 is 0 Å². The van der Waals surface area contributed by atoms with Crippen LogP contribution in [0.2, 0.25) is 10.0 Å². The van der Waals surface area contributed by atoms with Gasteiger partial charge in [-0.1, -0.05) is 39.1 Å². The summed E-state index contributed by atoms with van der Waals surface area (Å²) in [4.78, 5) is -0.111. The predicted octanol–water partition coefficient (Wildman–Crippen LogP) is 4.39. The third-order valence-corrected chi connectivity index (χ3v) is 6.86. The van der Waals surface area contributed by atoms with Crippen molar-refractivity contribution in [3.63, 3.8) is 0 Å². The van der Waals surface area contributed by atoms with Gasteiger partial charge in [-0.3, -0.25) is 0 Å². The summed E-state index contributed by atoms with van der Waals surface area (Å²) in [5.41, 5.74) is -0.750. The van der Waals surface area contributed by atoms with Crippen molar-refractivity contribution in [1.82, 2.24) is 4.31 Å². The Balaban J connectivity index is 3.45. The molecular formula is C11H13BrCl3NO2S. The van der Waals surface area contributed by atoms with E-state index in [0.717, 1.165) is 0 Å². The number of halogens is 4. The van der Waals surface area contributed by atoms with Crippen LogP contribution in [-0.4, -0.2) is 31.2 Å². The second-order valence-corrected chi connectivity index (χ2v) is 8.52. The molecule has 0 saturated carbocycles. The van der Waals surface area contributed by atoms with Gasteiger partial charge in [0.25, 0.3) is 0 Å². The number of rotatable bonds is 4. The molecule has 1 aromatic rings. The number of sulfonamides is 1. The average molecular weight is 410 g/mol. The van der Waals surface area contributed by atoms with Gasteiger partial charge in [0.05, 0.1) is 10.0 Å². The van der Waals surface area contributed by atoms with Crippen LogP contribution in [0.3, 0.4) is 0 Å². The van der Waals surface area contributed by atoms with Crippen molar-refractivity contribution >= 4 is 60.8 Å². The van der Waals surface area contributed by atoms with Gasteiger partial charge in [0.15, 0.2) is 0 Å². The van der Waals surface area contributed by atoms with Crippen molar-refractivity contribution in [3.05, 3.63) is 26.7 Å². The van der Waals surface area contributed by atoms with E-state index in [1.165, 1.54) is 23.5 Å². The Kier molecular flexibility index (Phi) is 5.61. The molecule has 108 valence electrons. The SMILES string of the molecule is CN(C(C)(C)CCl)S(=O)(=O)c1c(Cl)cc(Br)cc1Cl. The highest BCUT2D eigenvalue weighted by Crippen LogP contribution is 2.36. The van der Waals surface area contributed by atoms with E-state index in [1.807, 2.05) is 0 Å². The summed E-state index contributed by atoms with van der Waals surface area (Å²) in [5, 5.41) is 0.133. The van der Waals surface area contributed by atoms with Crippen molar-refractivity contribution in [2.75, 3.05) is 12.9 Å². The fraction of sp³-hybridized carbons (Fsp3) is 0.455. The first-order valence-corrected chi connectivity index (χ1v) is 8.76. The van der Waals surface area contributed by atoms with E-state index in [9.17, 15) is 8.42 Å². The molecule has 1 aromatic carbocycles. The molecule has 0 amide bonds. The van der Waals surface area contributed by atoms with Crippen molar-refractivity contribution in [2.24, 2.45) is 0 Å². The molecule has 0 N–H and O–H groups in total. The number of hydrogen-bond donors (Lipinski definition) is 0. The molecule has 0 radical (unpaired) electrons.